The Morgan fingerprint density at radius 1 is 1.05 bits per heavy atom. The van der Waals surface area contributed by atoms with E-state index in [1.165, 1.54) is 0 Å². The number of unbranched alkanes of at least 4 members (excludes halogenated alkanes) is 1. The topological polar surface area (TPSA) is 9.23 Å². The maximum absolute atomic E-state index is 6.13. The minimum absolute atomic E-state index is 0.311. The number of hydrogen-bond donors (Lipinski definition) is 0. The zero-order chi connectivity index (χ0) is 15.2. The first-order valence-electron chi connectivity index (χ1n) is 7.27. The first-order chi connectivity index (χ1) is 8.46. The van der Waals surface area contributed by atoms with Gasteiger partial charge in [0.15, 0.2) is 8.32 Å². The van der Waals surface area contributed by atoms with Gasteiger partial charge in [0, 0.05) is 6.61 Å². The summed E-state index contributed by atoms with van der Waals surface area (Å²) in [6, 6.07) is 0. The average Bonchev–Trinajstić information content (AvgIpc) is 2.18. The van der Waals surface area contributed by atoms with Crippen LogP contribution in [0, 0.1) is 11.5 Å². The van der Waals surface area contributed by atoms with Gasteiger partial charge in [0.1, 0.15) is 8.07 Å². The molecule has 0 aliphatic rings. The third-order valence-electron chi connectivity index (χ3n) is 3.43. The maximum atomic E-state index is 6.13. The van der Waals surface area contributed by atoms with Crippen LogP contribution in [-0.2, 0) is 4.43 Å². The monoisotopic (exact) mass is 296 g/mol. The van der Waals surface area contributed by atoms with Crippen LogP contribution in [0.15, 0.2) is 12.2 Å². The largest absolute Gasteiger partial charge is 0.417 e. The molecule has 0 aromatic heterocycles. The third-order valence-corrected chi connectivity index (χ3v) is 8.87. The Labute approximate surface area is 123 Å². The van der Waals surface area contributed by atoms with Crippen molar-refractivity contribution >= 4 is 16.4 Å². The van der Waals surface area contributed by atoms with Crippen LogP contribution in [0.5, 0.6) is 0 Å². The van der Waals surface area contributed by atoms with Gasteiger partial charge in [-0.15, -0.1) is 5.54 Å². The molecule has 0 amide bonds. The molecular formula is C16H32OSi2. The lowest BCUT2D eigenvalue weighted by Gasteiger charge is -2.36. The molecule has 0 aromatic rings. The van der Waals surface area contributed by atoms with E-state index in [0.717, 1.165) is 19.4 Å². The number of hydrogen-bond acceptors (Lipinski definition) is 1. The minimum Gasteiger partial charge on any atom is -0.417 e. The predicted molar refractivity (Wildman–Crippen MR) is 92.6 cm³/mol. The lowest BCUT2D eigenvalue weighted by molar-refractivity contribution is 0.283. The van der Waals surface area contributed by atoms with Gasteiger partial charge >= 0.3 is 0 Å². The van der Waals surface area contributed by atoms with E-state index in [2.05, 4.69) is 71.0 Å². The van der Waals surface area contributed by atoms with E-state index in [9.17, 15) is 0 Å². The maximum Gasteiger partial charge on any atom is 0.191 e. The first kappa shape index (κ1) is 18.7. The second-order valence-electron chi connectivity index (χ2n) is 7.67. The molecule has 0 aliphatic heterocycles. The summed E-state index contributed by atoms with van der Waals surface area (Å²) in [5, 5.41) is 0.311. The molecule has 0 aromatic carbocycles. The fourth-order valence-electron chi connectivity index (χ4n) is 1.15. The Bertz CT molecular complexity index is 346. The van der Waals surface area contributed by atoms with Gasteiger partial charge in [-0.25, -0.2) is 0 Å². The average molecular weight is 297 g/mol. The highest BCUT2D eigenvalue weighted by Crippen LogP contribution is 2.36. The molecule has 0 heterocycles. The van der Waals surface area contributed by atoms with Crippen LogP contribution >= 0.6 is 0 Å². The van der Waals surface area contributed by atoms with Gasteiger partial charge in [0.2, 0.25) is 0 Å². The summed E-state index contributed by atoms with van der Waals surface area (Å²) in [7, 11) is -2.76. The lowest BCUT2D eigenvalue weighted by atomic mass is 10.2. The quantitative estimate of drug-likeness (QED) is 0.384. The van der Waals surface area contributed by atoms with Crippen molar-refractivity contribution in [1.82, 2.24) is 0 Å². The van der Waals surface area contributed by atoms with Crippen molar-refractivity contribution in [3.63, 3.8) is 0 Å². The summed E-state index contributed by atoms with van der Waals surface area (Å²) in [6.07, 6.45) is 6.33. The van der Waals surface area contributed by atoms with Crippen LogP contribution in [0.1, 0.15) is 33.6 Å². The number of allylic oxidation sites excluding steroid dienone is 2. The Hall–Kier alpha value is -0.306. The molecular weight excluding hydrogens is 264 g/mol. The van der Waals surface area contributed by atoms with Crippen molar-refractivity contribution in [2.75, 3.05) is 6.61 Å². The van der Waals surface area contributed by atoms with E-state index in [0.29, 0.717) is 5.04 Å². The minimum atomic E-state index is -1.55. The third kappa shape index (κ3) is 9.26. The highest BCUT2D eigenvalue weighted by Gasteiger charge is 2.36. The standard InChI is InChI=1S/C16H32OSi2/c1-16(2,3)19(7,8)17-14-12-10-9-11-13-15-18(4,5)6/h9,11H,10,12,14H2,1-8H3/b11-9-. The zero-order valence-electron chi connectivity index (χ0n) is 14.2. The molecule has 0 spiro atoms. The number of rotatable bonds is 5. The van der Waals surface area contributed by atoms with Gasteiger partial charge in [-0.3, -0.25) is 0 Å². The SMILES string of the molecule is CC(C)(C)[Si](C)(C)OCCC/C=C\C#C[Si](C)(C)C. The molecule has 0 rings (SSSR count). The van der Waals surface area contributed by atoms with Crippen LogP contribution in [0.2, 0.25) is 37.8 Å². The van der Waals surface area contributed by atoms with Gasteiger partial charge in [0.25, 0.3) is 0 Å². The van der Waals surface area contributed by atoms with E-state index in [-0.39, 0.29) is 0 Å². The summed E-state index contributed by atoms with van der Waals surface area (Å²) >= 11 is 0. The molecule has 0 unspecified atom stereocenters. The molecule has 0 N–H and O–H groups in total. The van der Waals surface area contributed by atoms with E-state index in [1.54, 1.807) is 0 Å². The van der Waals surface area contributed by atoms with Gasteiger partial charge < -0.3 is 4.43 Å². The summed E-state index contributed by atoms with van der Waals surface area (Å²) in [5.41, 5.74) is 3.33. The molecule has 0 bridgehead atoms. The van der Waals surface area contributed by atoms with Gasteiger partial charge in [-0.05, 0) is 37.0 Å². The van der Waals surface area contributed by atoms with Crippen molar-refractivity contribution in [1.29, 1.82) is 0 Å². The summed E-state index contributed by atoms with van der Waals surface area (Å²) in [5.74, 6) is 3.16. The van der Waals surface area contributed by atoms with Crippen molar-refractivity contribution in [3.8, 4) is 11.5 Å². The molecule has 0 aliphatic carbocycles. The molecule has 0 saturated heterocycles. The predicted octanol–water partition coefficient (Wildman–Crippen LogP) is 5.23. The van der Waals surface area contributed by atoms with Crippen LogP contribution in [0.3, 0.4) is 0 Å². The van der Waals surface area contributed by atoms with Crippen LogP contribution < -0.4 is 0 Å². The fraction of sp³-hybridized carbons (Fsp3) is 0.750. The highest BCUT2D eigenvalue weighted by atomic mass is 28.4. The smallest absolute Gasteiger partial charge is 0.191 e. The van der Waals surface area contributed by atoms with E-state index in [1.807, 2.05) is 6.08 Å². The Kier molecular flexibility index (Phi) is 7.35. The van der Waals surface area contributed by atoms with Gasteiger partial charge in [-0.2, -0.15) is 0 Å². The highest BCUT2D eigenvalue weighted by molar-refractivity contribution is 6.83. The molecule has 3 heteroatoms. The molecule has 19 heavy (non-hydrogen) atoms. The van der Waals surface area contributed by atoms with Crippen LogP contribution in [-0.4, -0.2) is 23.0 Å². The first-order valence-corrected chi connectivity index (χ1v) is 13.7. The van der Waals surface area contributed by atoms with Gasteiger partial charge in [-0.1, -0.05) is 52.4 Å². The Morgan fingerprint density at radius 3 is 2.11 bits per heavy atom. The van der Waals surface area contributed by atoms with Crippen LogP contribution in [0.4, 0.5) is 0 Å². The Morgan fingerprint density at radius 2 is 1.63 bits per heavy atom. The molecule has 1 nitrogen and oxygen atoms in total. The molecule has 110 valence electrons. The van der Waals surface area contributed by atoms with Crippen molar-refractivity contribution < 1.29 is 4.43 Å². The van der Waals surface area contributed by atoms with E-state index < -0.39 is 16.4 Å². The Balaban J connectivity index is 3.89. The van der Waals surface area contributed by atoms with Gasteiger partial charge in [0.05, 0.1) is 0 Å². The van der Waals surface area contributed by atoms with Crippen molar-refractivity contribution in [3.05, 3.63) is 12.2 Å². The summed E-state index contributed by atoms with van der Waals surface area (Å²) in [6.45, 7) is 19.1. The fourth-order valence-corrected chi connectivity index (χ4v) is 2.75. The summed E-state index contributed by atoms with van der Waals surface area (Å²) in [4.78, 5) is 0. The normalized spacial score (nSPS) is 13.5. The second-order valence-corrected chi connectivity index (χ2v) is 17.2. The molecule has 0 radical (unpaired) electrons. The van der Waals surface area contributed by atoms with E-state index in [4.69, 9.17) is 4.43 Å². The van der Waals surface area contributed by atoms with Crippen LogP contribution in [0.25, 0.3) is 0 Å². The molecule has 0 fully saturated rings. The van der Waals surface area contributed by atoms with Crippen molar-refractivity contribution in [2.24, 2.45) is 0 Å². The molecule has 0 atom stereocenters. The van der Waals surface area contributed by atoms with E-state index >= 15 is 0 Å². The molecule has 0 saturated carbocycles. The summed E-state index contributed by atoms with van der Waals surface area (Å²) < 4.78 is 6.13. The lowest BCUT2D eigenvalue weighted by Crippen LogP contribution is -2.40. The zero-order valence-corrected chi connectivity index (χ0v) is 16.2. The van der Waals surface area contributed by atoms with Crippen molar-refractivity contribution in [2.45, 2.75) is 71.4 Å². The second kappa shape index (κ2) is 7.47.